The van der Waals surface area contributed by atoms with Gasteiger partial charge in [0.25, 0.3) is 0 Å². The first kappa shape index (κ1) is 16.0. The largest absolute Gasteiger partial charge is 0.388 e. The zero-order valence-corrected chi connectivity index (χ0v) is 13.3. The van der Waals surface area contributed by atoms with E-state index in [2.05, 4.69) is 47.9 Å². The molecule has 1 aliphatic rings. The predicted molar refractivity (Wildman–Crippen MR) is 88.6 cm³/mol. The lowest BCUT2D eigenvalue weighted by molar-refractivity contribution is 0.0738. The van der Waals surface area contributed by atoms with E-state index < -0.39 is 0 Å². The number of nitrogens with zero attached hydrogens (tertiary/aromatic N) is 2. The highest BCUT2D eigenvalue weighted by molar-refractivity contribution is 5.77. The topological polar surface area (TPSA) is 56.4 Å². The average molecular weight is 288 g/mol. The molecule has 0 spiro atoms. The molecule has 0 aliphatic carbocycles. The summed E-state index contributed by atoms with van der Waals surface area (Å²) in [5, 5.41) is 7.67. The summed E-state index contributed by atoms with van der Waals surface area (Å²) >= 11 is 0. The van der Waals surface area contributed by atoms with Crippen molar-refractivity contribution in [1.82, 2.24) is 9.80 Å². The van der Waals surface area contributed by atoms with Gasteiger partial charge in [-0.1, -0.05) is 37.3 Å². The van der Waals surface area contributed by atoms with Crippen molar-refractivity contribution in [2.75, 3.05) is 26.2 Å². The fourth-order valence-corrected chi connectivity index (χ4v) is 3.09. The summed E-state index contributed by atoms with van der Waals surface area (Å²) in [5.41, 5.74) is 6.95. The van der Waals surface area contributed by atoms with E-state index in [-0.39, 0.29) is 11.9 Å². The van der Waals surface area contributed by atoms with E-state index >= 15 is 0 Å². The summed E-state index contributed by atoms with van der Waals surface area (Å²) in [6.07, 6.45) is 1.82. The summed E-state index contributed by atoms with van der Waals surface area (Å²) in [4.78, 5) is 5.04. The van der Waals surface area contributed by atoms with Crippen LogP contribution in [0.25, 0.3) is 0 Å². The first-order chi connectivity index (χ1) is 10.1. The van der Waals surface area contributed by atoms with Crippen molar-refractivity contribution < 1.29 is 0 Å². The molecule has 1 aliphatic heterocycles. The SMILES string of the molecule is CCC(C)N1CCN(C(CC(=N)N)c2ccccc2)CC1. The fourth-order valence-electron chi connectivity index (χ4n) is 3.09. The number of nitrogens with one attached hydrogen (secondary N) is 1. The first-order valence-electron chi connectivity index (χ1n) is 7.97. The van der Waals surface area contributed by atoms with Crippen LogP contribution in [0.1, 0.15) is 38.3 Å². The van der Waals surface area contributed by atoms with Crippen LogP contribution in [0.5, 0.6) is 0 Å². The van der Waals surface area contributed by atoms with Crippen molar-refractivity contribution in [3.05, 3.63) is 35.9 Å². The van der Waals surface area contributed by atoms with Gasteiger partial charge in [-0.3, -0.25) is 15.2 Å². The van der Waals surface area contributed by atoms with Gasteiger partial charge < -0.3 is 5.73 Å². The molecule has 4 heteroatoms. The van der Waals surface area contributed by atoms with Gasteiger partial charge in [0.1, 0.15) is 0 Å². The zero-order valence-electron chi connectivity index (χ0n) is 13.3. The van der Waals surface area contributed by atoms with E-state index in [1.807, 2.05) is 6.07 Å². The number of amidine groups is 1. The van der Waals surface area contributed by atoms with Crippen molar-refractivity contribution in [3.63, 3.8) is 0 Å². The Morgan fingerprint density at radius 2 is 1.71 bits per heavy atom. The quantitative estimate of drug-likeness (QED) is 0.624. The Kier molecular flexibility index (Phi) is 5.76. The van der Waals surface area contributed by atoms with E-state index in [0.29, 0.717) is 12.5 Å². The van der Waals surface area contributed by atoms with E-state index in [9.17, 15) is 0 Å². The third-order valence-electron chi connectivity index (χ3n) is 4.60. The molecule has 2 rings (SSSR count). The van der Waals surface area contributed by atoms with E-state index in [4.69, 9.17) is 11.1 Å². The van der Waals surface area contributed by atoms with Gasteiger partial charge in [0, 0.05) is 44.7 Å². The lowest BCUT2D eigenvalue weighted by Crippen LogP contribution is -2.50. The third kappa shape index (κ3) is 4.29. The highest BCUT2D eigenvalue weighted by atomic mass is 15.3. The minimum Gasteiger partial charge on any atom is -0.388 e. The van der Waals surface area contributed by atoms with Crippen LogP contribution in [0, 0.1) is 5.41 Å². The normalized spacial score (nSPS) is 20.1. The number of piperazine rings is 1. The Labute approximate surface area is 128 Å². The van der Waals surface area contributed by atoms with Gasteiger partial charge >= 0.3 is 0 Å². The summed E-state index contributed by atoms with van der Waals surface area (Å²) in [6, 6.07) is 11.4. The van der Waals surface area contributed by atoms with Crippen LogP contribution in [0.15, 0.2) is 30.3 Å². The van der Waals surface area contributed by atoms with Crippen molar-refractivity contribution >= 4 is 5.84 Å². The molecule has 0 aromatic heterocycles. The number of rotatable bonds is 6. The number of benzene rings is 1. The zero-order chi connectivity index (χ0) is 15.2. The summed E-state index contributed by atoms with van der Waals surface area (Å²) in [5.74, 6) is 0.271. The lowest BCUT2D eigenvalue weighted by atomic mass is 10.0. The maximum atomic E-state index is 7.67. The highest BCUT2D eigenvalue weighted by Crippen LogP contribution is 2.25. The Balaban J connectivity index is 2.04. The number of hydrogen-bond acceptors (Lipinski definition) is 3. The van der Waals surface area contributed by atoms with Gasteiger partial charge in [0.15, 0.2) is 0 Å². The second kappa shape index (κ2) is 7.57. The van der Waals surface area contributed by atoms with Gasteiger partial charge in [-0.05, 0) is 18.9 Å². The average Bonchev–Trinajstić information content (AvgIpc) is 2.53. The Morgan fingerprint density at radius 3 is 2.24 bits per heavy atom. The van der Waals surface area contributed by atoms with Crippen LogP contribution in [-0.2, 0) is 0 Å². The lowest BCUT2D eigenvalue weighted by Gasteiger charge is -2.41. The van der Waals surface area contributed by atoms with Gasteiger partial charge in [0.2, 0.25) is 0 Å². The molecule has 116 valence electrons. The van der Waals surface area contributed by atoms with Crippen LogP contribution < -0.4 is 5.73 Å². The van der Waals surface area contributed by atoms with E-state index in [1.54, 1.807) is 0 Å². The van der Waals surface area contributed by atoms with Crippen LogP contribution in [0.2, 0.25) is 0 Å². The molecule has 21 heavy (non-hydrogen) atoms. The fraction of sp³-hybridized carbons (Fsp3) is 0.588. The molecule has 1 heterocycles. The molecule has 1 aromatic rings. The van der Waals surface area contributed by atoms with Gasteiger partial charge in [0.05, 0.1) is 5.84 Å². The van der Waals surface area contributed by atoms with Crippen molar-refractivity contribution in [2.24, 2.45) is 5.73 Å². The highest BCUT2D eigenvalue weighted by Gasteiger charge is 2.26. The van der Waals surface area contributed by atoms with Crippen LogP contribution in [-0.4, -0.2) is 47.9 Å². The molecule has 4 nitrogen and oxygen atoms in total. The van der Waals surface area contributed by atoms with E-state index in [0.717, 1.165) is 26.2 Å². The van der Waals surface area contributed by atoms with Gasteiger partial charge in [-0.15, -0.1) is 0 Å². The molecule has 1 fully saturated rings. The number of nitrogens with two attached hydrogens (primary N) is 1. The molecule has 2 unspecified atom stereocenters. The van der Waals surface area contributed by atoms with E-state index in [1.165, 1.54) is 12.0 Å². The second-order valence-corrected chi connectivity index (χ2v) is 5.99. The molecule has 0 radical (unpaired) electrons. The maximum Gasteiger partial charge on any atom is 0.0924 e. The van der Waals surface area contributed by atoms with Crippen molar-refractivity contribution in [2.45, 2.75) is 38.8 Å². The molecule has 3 N–H and O–H groups in total. The second-order valence-electron chi connectivity index (χ2n) is 5.99. The molecular formula is C17H28N4. The minimum absolute atomic E-state index is 0.239. The first-order valence-corrected chi connectivity index (χ1v) is 7.97. The molecule has 0 amide bonds. The molecule has 2 atom stereocenters. The molecule has 1 saturated heterocycles. The van der Waals surface area contributed by atoms with Gasteiger partial charge in [-0.2, -0.15) is 0 Å². The standard InChI is InChI=1S/C17H28N4/c1-3-14(2)20-9-11-21(12-10-20)16(13-17(18)19)15-7-5-4-6-8-15/h4-8,14,16H,3,9-13H2,1-2H3,(H3,18,19). The Hall–Kier alpha value is -1.39. The van der Waals surface area contributed by atoms with Crippen LogP contribution in [0.3, 0.4) is 0 Å². The van der Waals surface area contributed by atoms with Gasteiger partial charge in [-0.25, -0.2) is 0 Å². The van der Waals surface area contributed by atoms with Crippen molar-refractivity contribution in [3.8, 4) is 0 Å². The summed E-state index contributed by atoms with van der Waals surface area (Å²) in [7, 11) is 0. The Morgan fingerprint density at radius 1 is 1.14 bits per heavy atom. The molecule has 0 saturated carbocycles. The molecular weight excluding hydrogens is 260 g/mol. The Bertz CT molecular complexity index is 437. The third-order valence-corrected chi connectivity index (χ3v) is 4.60. The van der Waals surface area contributed by atoms with Crippen LogP contribution >= 0.6 is 0 Å². The monoisotopic (exact) mass is 288 g/mol. The smallest absolute Gasteiger partial charge is 0.0924 e. The van der Waals surface area contributed by atoms with Crippen LogP contribution in [0.4, 0.5) is 0 Å². The number of hydrogen-bond donors (Lipinski definition) is 2. The maximum absolute atomic E-state index is 7.67. The van der Waals surface area contributed by atoms with Crippen molar-refractivity contribution in [1.29, 1.82) is 5.41 Å². The molecule has 0 bridgehead atoms. The minimum atomic E-state index is 0.239. The summed E-state index contributed by atoms with van der Waals surface area (Å²) < 4.78 is 0. The predicted octanol–water partition coefficient (Wildman–Crippen LogP) is 2.47. The molecule has 1 aromatic carbocycles. The summed E-state index contributed by atoms with van der Waals surface area (Å²) in [6.45, 7) is 8.88.